The van der Waals surface area contributed by atoms with Crippen LogP contribution >= 0.6 is 0 Å². The topological polar surface area (TPSA) is 116 Å². The Morgan fingerprint density at radius 2 is 1.77 bits per heavy atom. The zero-order valence-corrected chi connectivity index (χ0v) is 13.7. The fraction of sp³-hybridized carbons (Fsp3) is 0.375. The fourth-order valence-corrected chi connectivity index (χ4v) is 2.26. The highest BCUT2D eigenvalue weighted by Crippen LogP contribution is 2.24. The third-order valence-corrected chi connectivity index (χ3v) is 3.58. The number of nitrogens with one attached hydrogen (secondary N) is 1. The quantitative estimate of drug-likeness (QED) is 0.364. The number of amides is 1. The summed E-state index contributed by atoms with van der Waals surface area (Å²) in [5, 5.41) is 15.6. The summed E-state index contributed by atoms with van der Waals surface area (Å²) in [5.41, 5.74) is 9.55. The predicted molar refractivity (Wildman–Crippen MR) is 88.5 cm³/mol. The molecule has 7 nitrogen and oxygen atoms in total. The minimum atomic E-state index is -5.08. The van der Waals surface area contributed by atoms with Crippen LogP contribution in [0.3, 0.4) is 0 Å². The van der Waals surface area contributed by atoms with E-state index in [-0.39, 0.29) is 0 Å². The van der Waals surface area contributed by atoms with E-state index >= 15 is 0 Å². The number of carboxylic acids is 1. The molecule has 1 aliphatic heterocycles. The number of hydrogen-bond acceptors (Lipinski definition) is 5. The molecule has 0 radical (unpaired) electrons. The number of rotatable bonds is 3. The zero-order valence-electron chi connectivity index (χ0n) is 13.7. The third kappa shape index (κ3) is 7.11. The molecule has 144 valence electrons. The van der Waals surface area contributed by atoms with Crippen molar-refractivity contribution in [1.82, 2.24) is 5.48 Å². The van der Waals surface area contributed by atoms with E-state index in [4.69, 9.17) is 20.8 Å². The van der Waals surface area contributed by atoms with E-state index in [1.54, 1.807) is 11.6 Å². The van der Waals surface area contributed by atoms with Crippen molar-refractivity contribution in [2.24, 2.45) is 5.73 Å². The Kier molecular flexibility index (Phi) is 8.07. The van der Waals surface area contributed by atoms with E-state index in [0.29, 0.717) is 6.04 Å². The fourth-order valence-electron chi connectivity index (χ4n) is 2.26. The number of carboxylic acid groups (broad SMARTS) is 1. The normalized spacial score (nSPS) is 15.3. The molecule has 1 aromatic carbocycles. The van der Waals surface area contributed by atoms with Gasteiger partial charge in [-0.05, 0) is 30.5 Å². The number of para-hydroxylation sites is 1. The van der Waals surface area contributed by atoms with Gasteiger partial charge >= 0.3 is 12.1 Å². The maximum atomic E-state index is 11.0. The van der Waals surface area contributed by atoms with Gasteiger partial charge in [-0.25, -0.2) is 10.3 Å². The van der Waals surface area contributed by atoms with Crippen LogP contribution in [0.2, 0.25) is 0 Å². The summed E-state index contributed by atoms with van der Waals surface area (Å²) in [6, 6.07) is 8.18. The molecule has 1 amide bonds. The van der Waals surface area contributed by atoms with Gasteiger partial charge in [0.05, 0.1) is 0 Å². The van der Waals surface area contributed by atoms with Crippen LogP contribution in [0.5, 0.6) is 0 Å². The number of piperidine rings is 1. The molecular weight excluding hydrogens is 355 g/mol. The highest BCUT2D eigenvalue weighted by atomic mass is 19.4. The Morgan fingerprint density at radius 3 is 2.27 bits per heavy atom. The minimum absolute atomic E-state index is 0.291. The van der Waals surface area contributed by atoms with E-state index < -0.39 is 18.1 Å². The molecule has 0 saturated carbocycles. The standard InChI is InChI=1S/C14H19N3O2.C2HF3O2/c15-12-7-9-17(10-8-12)13-4-2-1-3-11(13)5-6-14(18)16-19;3-2(4,5)1(6)7/h1-6,12,19H,7-10,15H2,(H,16,18);(H,6,7). The van der Waals surface area contributed by atoms with Crippen LogP contribution in [0.4, 0.5) is 18.9 Å². The molecule has 0 aliphatic carbocycles. The van der Waals surface area contributed by atoms with E-state index in [1.165, 1.54) is 6.08 Å². The lowest BCUT2D eigenvalue weighted by molar-refractivity contribution is -0.192. The number of alkyl halides is 3. The lowest BCUT2D eigenvalue weighted by Gasteiger charge is -2.33. The van der Waals surface area contributed by atoms with Crippen molar-refractivity contribution in [3.05, 3.63) is 35.9 Å². The summed E-state index contributed by atoms with van der Waals surface area (Å²) in [6.07, 6.45) is -0.103. The minimum Gasteiger partial charge on any atom is -0.475 e. The van der Waals surface area contributed by atoms with Crippen molar-refractivity contribution < 1.29 is 33.1 Å². The largest absolute Gasteiger partial charge is 0.490 e. The number of hydroxylamine groups is 1. The lowest BCUT2D eigenvalue weighted by Crippen LogP contribution is -2.39. The summed E-state index contributed by atoms with van der Waals surface area (Å²) >= 11 is 0. The molecule has 1 aliphatic rings. The van der Waals surface area contributed by atoms with Gasteiger partial charge in [-0.15, -0.1) is 0 Å². The first kappa shape index (κ1) is 21.5. The molecular formula is C16H20F3N3O4. The van der Waals surface area contributed by atoms with Gasteiger partial charge in [-0.2, -0.15) is 13.2 Å². The van der Waals surface area contributed by atoms with Gasteiger partial charge in [0.2, 0.25) is 0 Å². The van der Waals surface area contributed by atoms with E-state index in [0.717, 1.165) is 37.2 Å². The van der Waals surface area contributed by atoms with Crippen molar-refractivity contribution in [2.45, 2.75) is 25.1 Å². The second-order valence-corrected chi connectivity index (χ2v) is 5.50. The van der Waals surface area contributed by atoms with Crippen molar-refractivity contribution in [2.75, 3.05) is 18.0 Å². The molecule has 26 heavy (non-hydrogen) atoms. The average molecular weight is 375 g/mol. The first-order chi connectivity index (χ1) is 12.1. The molecule has 0 spiro atoms. The second kappa shape index (κ2) is 9.78. The smallest absolute Gasteiger partial charge is 0.475 e. The summed E-state index contributed by atoms with van der Waals surface area (Å²) < 4.78 is 31.7. The summed E-state index contributed by atoms with van der Waals surface area (Å²) in [5.74, 6) is -3.29. The predicted octanol–water partition coefficient (Wildman–Crippen LogP) is 1.77. The Hall–Kier alpha value is -2.59. The van der Waals surface area contributed by atoms with Crippen molar-refractivity contribution in [3.63, 3.8) is 0 Å². The average Bonchev–Trinajstić information content (AvgIpc) is 2.60. The number of carbonyl (C=O) groups excluding carboxylic acids is 1. The highest BCUT2D eigenvalue weighted by Gasteiger charge is 2.38. The van der Waals surface area contributed by atoms with Crippen LogP contribution < -0.4 is 16.1 Å². The van der Waals surface area contributed by atoms with E-state index in [9.17, 15) is 18.0 Å². The van der Waals surface area contributed by atoms with Crippen LogP contribution in [0, 0.1) is 0 Å². The molecule has 1 aromatic rings. The number of benzene rings is 1. The molecule has 5 N–H and O–H groups in total. The van der Waals surface area contributed by atoms with Gasteiger partial charge in [-0.1, -0.05) is 18.2 Å². The molecule has 0 aromatic heterocycles. The molecule has 0 unspecified atom stereocenters. The molecule has 1 heterocycles. The molecule has 0 atom stereocenters. The number of anilines is 1. The van der Waals surface area contributed by atoms with E-state index in [2.05, 4.69) is 4.90 Å². The lowest BCUT2D eigenvalue weighted by atomic mass is 10.0. The van der Waals surface area contributed by atoms with E-state index in [1.807, 2.05) is 24.3 Å². The zero-order chi connectivity index (χ0) is 19.7. The van der Waals surface area contributed by atoms with Gasteiger partial charge in [0, 0.05) is 30.9 Å². The molecule has 1 fully saturated rings. The van der Waals surface area contributed by atoms with Gasteiger partial charge in [0.1, 0.15) is 0 Å². The van der Waals surface area contributed by atoms with Gasteiger partial charge < -0.3 is 15.7 Å². The van der Waals surface area contributed by atoms with Crippen molar-refractivity contribution >= 4 is 23.6 Å². The summed E-state index contributed by atoms with van der Waals surface area (Å²) in [7, 11) is 0. The number of halogens is 3. The molecule has 10 heteroatoms. The molecule has 0 bridgehead atoms. The Morgan fingerprint density at radius 1 is 1.23 bits per heavy atom. The number of aliphatic carboxylic acids is 1. The van der Waals surface area contributed by atoms with Crippen LogP contribution in [0.1, 0.15) is 18.4 Å². The van der Waals surface area contributed by atoms with Crippen LogP contribution in [-0.2, 0) is 9.59 Å². The number of nitrogens with zero attached hydrogens (tertiary/aromatic N) is 1. The van der Waals surface area contributed by atoms with Gasteiger partial charge in [0.25, 0.3) is 5.91 Å². The summed E-state index contributed by atoms with van der Waals surface area (Å²) in [4.78, 5) is 22.2. The first-order valence-electron chi connectivity index (χ1n) is 7.67. The molecule has 1 saturated heterocycles. The van der Waals surface area contributed by atoms with Gasteiger partial charge in [-0.3, -0.25) is 10.0 Å². The number of nitrogens with two attached hydrogens (primary N) is 1. The van der Waals surface area contributed by atoms with Crippen LogP contribution in [-0.4, -0.2) is 47.5 Å². The maximum absolute atomic E-state index is 11.0. The summed E-state index contributed by atoms with van der Waals surface area (Å²) in [6.45, 7) is 1.86. The Bertz CT molecular complexity index is 642. The second-order valence-electron chi connectivity index (χ2n) is 5.50. The van der Waals surface area contributed by atoms with Crippen LogP contribution in [0.15, 0.2) is 30.3 Å². The number of hydrogen-bond donors (Lipinski definition) is 4. The highest BCUT2D eigenvalue weighted by molar-refractivity contribution is 5.91. The van der Waals surface area contributed by atoms with Crippen molar-refractivity contribution in [1.29, 1.82) is 0 Å². The maximum Gasteiger partial charge on any atom is 0.490 e. The van der Waals surface area contributed by atoms with Crippen LogP contribution in [0.25, 0.3) is 6.08 Å². The Balaban J connectivity index is 0.000000412. The monoisotopic (exact) mass is 375 g/mol. The van der Waals surface area contributed by atoms with Gasteiger partial charge in [0.15, 0.2) is 0 Å². The third-order valence-electron chi connectivity index (χ3n) is 3.58. The first-order valence-corrected chi connectivity index (χ1v) is 7.67. The van der Waals surface area contributed by atoms with Crippen molar-refractivity contribution in [3.8, 4) is 0 Å². The SMILES string of the molecule is NC1CCN(c2ccccc2C=CC(=O)NO)CC1.O=C(O)C(F)(F)F. The Labute approximate surface area is 147 Å². The number of carbonyl (C=O) groups is 2. The molecule has 2 rings (SSSR count).